The summed E-state index contributed by atoms with van der Waals surface area (Å²) in [4.78, 5) is 0. The summed E-state index contributed by atoms with van der Waals surface area (Å²) in [6.07, 6.45) is 0. The summed E-state index contributed by atoms with van der Waals surface area (Å²) in [5, 5.41) is 0.578. The first-order chi connectivity index (χ1) is 5.69. The predicted octanol–water partition coefficient (Wildman–Crippen LogP) is 1.39. The van der Waals surface area contributed by atoms with Crippen LogP contribution < -0.4 is 16.2 Å². The third kappa shape index (κ3) is 1.62. The molecule has 1 aromatic carbocycles. The number of hydrogen-bond donors (Lipinski definition) is 2. The molecule has 0 aliphatic rings. The average molecular weight is 187 g/mol. The summed E-state index contributed by atoms with van der Waals surface area (Å²) in [5.41, 5.74) is 12.5. The monoisotopic (exact) mass is 186 g/mol. The lowest BCUT2D eigenvalue weighted by Gasteiger charge is -2.09. The molecule has 0 atom stereocenters. The fourth-order valence-corrected chi connectivity index (χ4v) is 1.32. The van der Waals surface area contributed by atoms with Crippen LogP contribution in [-0.2, 0) is 6.54 Å². The van der Waals surface area contributed by atoms with E-state index in [0.29, 0.717) is 23.0 Å². The standard InChI is InChI=1S/C8H11ClN2O/c1-12-8-5(4-10)2-6(9)3-7(8)11/h2-3H,4,10-11H2,1H3. The Bertz CT molecular complexity index is 289. The Morgan fingerprint density at radius 2 is 2.17 bits per heavy atom. The van der Waals surface area contributed by atoms with Gasteiger partial charge in [-0.1, -0.05) is 11.6 Å². The maximum absolute atomic E-state index is 5.77. The zero-order valence-corrected chi connectivity index (χ0v) is 7.56. The number of rotatable bonds is 2. The zero-order valence-electron chi connectivity index (χ0n) is 6.80. The number of nitrogen functional groups attached to an aromatic ring is 1. The first-order valence-corrected chi connectivity index (χ1v) is 3.88. The van der Waals surface area contributed by atoms with Gasteiger partial charge in [-0.15, -0.1) is 0 Å². The highest BCUT2D eigenvalue weighted by atomic mass is 35.5. The quantitative estimate of drug-likeness (QED) is 0.687. The highest BCUT2D eigenvalue weighted by Crippen LogP contribution is 2.29. The molecule has 1 rings (SSSR count). The molecule has 1 aromatic rings. The summed E-state index contributed by atoms with van der Waals surface area (Å²) in [5.74, 6) is 0.613. The molecule has 0 heterocycles. The van der Waals surface area contributed by atoms with Gasteiger partial charge in [0.05, 0.1) is 12.8 Å². The maximum atomic E-state index is 5.77. The van der Waals surface area contributed by atoms with Crippen molar-refractivity contribution in [3.63, 3.8) is 0 Å². The summed E-state index contributed by atoms with van der Waals surface area (Å²) >= 11 is 5.77. The first-order valence-electron chi connectivity index (χ1n) is 3.51. The van der Waals surface area contributed by atoms with Gasteiger partial charge in [-0.25, -0.2) is 0 Å². The van der Waals surface area contributed by atoms with Crippen LogP contribution in [0, 0.1) is 0 Å². The molecule has 0 radical (unpaired) electrons. The van der Waals surface area contributed by atoms with Crippen molar-refractivity contribution >= 4 is 17.3 Å². The smallest absolute Gasteiger partial charge is 0.146 e. The maximum Gasteiger partial charge on any atom is 0.146 e. The SMILES string of the molecule is COc1c(N)cc(Cl)cc1CN. The molecule has 0 spiro atoms. The van der Waals surface area contributed by atoms with E-state index in [1.807, 2.05) is 0 Å². The number of methoxy groups -OCH3 is 1. The number of nitrogens with two attached hydrogens (primary N) is 2. The van der Waals surface area contributed by atoms with E-state index >= 15 is 0 Å². The second-order valence-corrected chi connectivity index (χ2v) is 2.83. The second-order valence-electron chi connectivity index (χ2n) is 2.39. The van der Waals surface area contributed by atoms with E-state index in [4.69, 9.17) is 27.8 Å². The molecule has 0 fully saturated rings. The summed E-state index contributed by atoms with van der Waals surface area (Å²) < 4.78 is 5.06. The van der Waals surface area contributed by atoms with Crippen LogP contribution in [0.4, 0.5) is 5.69 Å². The largest absolute Gasteiger partial charge is 0.494 e. The van der Waals surface area contributed by atoms with Crippen molar-refractivity contribution in [3.8, 4) is 5.75 Å². The fourth-order valence-electron chi connectivity index (χ4n) is 1.07. The van der Waals surface area contributed by atoms with Crippen molar-refractivity contribution in [1.82, 2.24) is 0 Å². The van der Waals surface area contributed by atoms with E-state index in [1.54, 1.807) is 19.2 Å². The van der Waals surface area contributed by atoms with Gasteiger partial charge in [0.25, 0.3) is 0 Å². The van der Waals surface area contributed by atoms with E-state index < -0.39 is 0 Å². The van der Waals surface area contributed by atoms with Crippen LogP contribution in [0.15, 0.2) is 12.1 Å². The van der Waals surface area contributed by atoms with Crippen molar-refractivity contribution in [2.75, 3.05) is 12.8 Å². The summed E-state index contributed by atoms with van der Waals surface area (Å²) in [6, 6.07) is 3.39. The van der Waals surface area contributed by atoms with E-state index in [1.165, 1.54) is 0 Å². The Morgan fingerprint density at radius 1 is 1.50 bits per heavy atom. The Balaban J connectivity index is 3.24. The molecule has 0 aliphatic heterocycles. The minimum atomic E-state index is 0.369. The Morgan fingerprint density at radius 3 is 2.67 bits per heavy atom. The molecule has 0 aromatic heterocycles. The Kier molecular flexibility index (Phi) is 2.78. The zero-order chi connectivity index (χ0) is 9.14. The van der Waals surface area contributed by atoms with E-state index in [2.05, 4.69) is 0 Å². The molecule has 0 aliphatic carbocycles. The van der Waals surface area contributed by atoms with Crippen LogP contribution in [0.1, 0.15) is 5.56 Å². The lowest BCUT2D eigenvalue weighted by molar-refractivity contribution is 0.412. The Hall–Kier alpha value is -0.930. The highest BCUT2D eigenvalue weighted by molar-refractivity contribution is 6.31. The molecule has 0 unspecified atom stereocenters. The molecule has 0 saturated heterocycles. The lowest BCUT2D eigenvalue weighted by Crippen LogP contribution is -2.02. The van der Waals surface area contributed by atoms with Gasteiger partial charge in [0, 0.05) is 17.1 Å². The summed E-state index contributed by atoms with van der Waals surface area (Å²) in [7, 11) is 1.55. The fraction of sp³-hybridized carbons (Fsp3) is 0.250. The van der Waals surface area contributed by atoms with E-state index in [-0.39, 0.29) is 0 Å². The lowest BCUT2D eigenvalue weighted by atomic mass is 10.2. The molecule has 4 heteroatoms. The van der Waals surface area contributed by atoms with Crippen LogP contribution in [0.2, 0.25) is 5.02 Å². The van der Waals surface area contributed by atoms with Crippen molar-refractivity contribution < 1.29 is 4.74 Å². The molecule has 66 valence electrons. The van der Waals surface area contributed by atoms with Gasteiger partial charge >= 0.3 is 0 Å². The van der Waals surface area contributed by atoms with Gasteiger partial charge in [0.1, 0.15) is 5.75 Å². The number of hydrogen-bond acceptors (Lipinski definition) is 3. The highest BCUT2D eigenvalue weighted by Gasteiger charge is 2.06. The molecular formula is C8H11ClN2O. The topological polar surface area (TPSA) is 61.3 Å². The number of ether oxygens (including phenoxy) is 1. The van der Waals surface area contributed by atoms with Gasteiger partial charge in [0.2, 0.25) is 0 Å². The first kappa shape index (κ1) is 9.16. The van der Waals surface area contributed by atoms with Gasteiger partial charge < -0.3 is 16.2 Å². The van der Waals surface area contributed by atoms with Gasteiger partial charge in [-0.2, -0.15) is 0 Å². The summed E-state index contributed by atoms with van der Waals surface area (Å²) in [6.45, 7) is 0.369. The second kappa shape index (κ2) is 3.65. The average Bonchev–Trinajstić information content (AvgIpc) is 2.03. The van der Waals surface area contributed by atoms with Crippen molar-refractivity contribution in [1.29, 1.82) is 0 Å². The van der Waals surface area contributed by atoms with Gasteiger partial charge in [0.15, 0.2) is 0 Å². The van der Waals surface area contributed by atoms with Gasteiger partial charge in [-0.05, 0) is 12.1 Å². The third-order valence-electron chi connectivity index (χ3n) is 1.58. The van der Waals surface area contributed by atoms with Crippen molar-refractivity contribution in [2.24, 2.45) is 5.73 Å². The minimum Gasteiger partial charge on any atom is -0.494 e. The van der Waals surface area contributed by atoms with E-state index in [9.17, 15) is 0 Å². The number of benzene rings is 1. The molecule has 0 saturated carbocycles. The van der Waals surface area contributed by atoms with Crippen LogP contribution in [-0.4, -0.2) is 7.11 Å². The molecule has 12 heavy (non-hydrogen) atoms. The molecule has 0 bridgehead atoms. The van der Waals surface area contributed by atoms with Crippen LogP contribution in [0.25, 0.3) is 0 Å². The van der Waals surface area contributed by atoms with Crippen molar-refractivity contribution in [3.05, 3.63) is 22.7 Å². The minimum absolute atomic E-state index is 0.369. The van der Waals surface area contributed by atoms with Crippen LogP contribution >= 0.6 is 11.6 Å². The molecular weight excluding hydrogens is 176 g/mol. The van der Waals surface area contributed by atoms with E-state index in [0.717, 1.165) is 5.56 Å². The molecule has 0 amide bonds. The van der Waals surface area contributed by atoms with Gasteiger partial charge in [-0.3, -0.25) is 0 Å². The normalized spacial score (nSPS) is 9.92. The number of anilines is 1. The van der Waals surface area contributed by atoms with Crippen LogP contribution in [0.3, 0.4) is 0 Å². The van der Waals surface area contributed by atoms with Crippen LogP contribution in [0.5, 0.6) is 5.75 Å². The molecule has 4 N–H and O–H groups in total. The predicted molar refractivity (Wildman–Crippen MR) is 50.3 cm³/mol. The molecule has 3 nitrogen and oxygen atoms in total. The Labute approximate surface area is 76.3 Å². The van der Waals surface area contributed by atoms with Crippen molar-refractivity contribution in [2.45, 2.75) is 6.54 Å². The third-order valence-corrected chi connectivity index (χ3v) is 1.80. The number of halogens is 1.